The van der Waals surface area contributed by atoms with E-state index in [1.807, 2.05) is 72.8 Å². The number of hydrogen-bond acceptors (Lipinski definition) is 10. The second-order valence-corrected chi connectivity index (χ2v) is 21.9. The lowest BCUT2D eigenvalue weighted by Gasteiger charge is -2.27. The molecule has 1 atom stereocenters. The lowest BCUT2D eigenvalue weighted by molar-refractivity contribution is -0.119. The van der Waals surface area contributed by atoms with Crippen LogP contribution in [0, 0.1) is 17.0 Å². The van der Waals surface area contributed by atoms with Crippen molar-refractivity contribution in [3.63, 3.8) is 0 Å². The molecule has 5 aliphatic rings. The first-order chi connectivity index (χ1) is 35.4. The van der Waals surface area contributed by atoms with Crippen LogP contribution in [0.5, 0.6) is 23.0 Å². The summed E-state index contributed by atoms with van der Waals surface area (Å²) in [4.78, 5) is 36.3. The van der Waals surface area contributed by atoms with Crippen LogP contribution in [0.1, 0.15) is 108 Å². The van der Waals surface area contributed by atoms with Gasteiger partial charge in [-0.15, -0.1) is 0 Å². The highest BCUT2D eigenvalue weighted by Crippen LogP contribution is 2.53. The van der Waals surface area contributed by atoms with E-state index in [0.717, 1.165) is 70.1 Å². The maximum Gasteiger partial charge on any atom is 0.235 e. The summed E-state index contributed by atoms with van der Waals surface area (Å²) >= 11 is 0. The van der Waals surface area contributed by atoms with Gasteiger partial charge in [-0.05, 0) is 115 Å². The highest BCUT2D eigenvalue weighted by molar-refractivity contribution is 6.03. The Labute approximate surface area is 430 Å². The van der Waals surface area contributed by atoms with Gasteiger partial charge in [0, 0.05) is 53.9 Å². The highest BCUT2D eigenvalue weighted by atomic mass is 19.1. The fraction of sp³-hybridized carbons (Fsp3) is 0.407. The Hall–Kier alpha value is -6.97. The number of carbonyl (C=O) groups excluding carboxylic acids is 3. The molecule has 74 heavy (non-hydrogen) atoms. The van der Waals surface area contributed by atoms with Gasteiger partial charge in [0.1, 0.15) is 17.9 Å². The van der Waals surface area contributed by atoms with Crippen LogP contribution in [-0.4, -0.2) is 60.6 Å². The van der Waals surface area contributed by atoms with Crippen molar-refractivity contribution in [1.82, 2.24) is 4.57 Å². The molecule has 2 fully saturated rings. The fourth-order valence-corrected chi connectivity index (χ4v) is 9.78. The molecule has 13 nitrogen and oxygen atoms in total. The van der Waals surface area contributed by atoms with Crippen molar-refractivity contribution < 1.29 is 52.0 Å². The Morgan fingerprint density at radius 2 is 1.32 bits per heavy atom. The predicted molar refractivity (Wildman–Crippen MR) is 280 cm³/mol. The lowest BCUT2D eigenvalue weighted by atomic mass is 9.85. The van der Waals surface area contributed by atoms with Crippen LogP contribution in [0.3, 0.4) is 0 Å². The molecule has 3 aliphatic heterocycles. The molecule has 2 aliphatic carbocycles. The number of carbonyl (C=O) groups is 3. The first-order valence-electron chi connectivity index (χ1n) is 25.4. The van der Waals surface area contributed by atoms with Crippen molar-refractivity contribution in [2.45, 2.75) is 122 Å². The molecular weight excluding hydrogens is 947 g/mol. The van der Waals surface area contributed by atoms with Gasteiger partial charge in [-0.3, -0.25) is 9.59 Å². The molecule has 6 aromatic rings. The quantitative estimate of drug-likeness (QED) is 0.0611. The Bertz CT molecular complexity index is 3040. The number of hydrogen-bond donors (Lipinski definition) is 4. The van der Waals surface area contributed by atoms with Crippen molar-refractivity contribution >= 4 is 46.1 Å². The molecule has 0 spiro atoms. The van der Waals surface area contributed by atoms with Gasteiger partial charge < -0.3 is 54.1 Å². The normalized spacial score (nSPS) is 17.0. The number of benzene rings is 5. The number of rotatable bonds is 14. The molecule has 1 aromatic heterocycles. The zero-order chi connectivity index (χ0) is 52.4. The summed E-state index contributed by atoms with van der Waals surface area (Å²) in [6, 6.07) is 29.8. The minimum absolute atomic E-state index is 0.0658. The first kappa shape index (κ1) is 51.9. The Kier molecular flexibility index (Phi) is 14.8. The van der Waals surface area contributed by atoms with E-state index < -0.39 is 22.5 Å². The van der Waals surface area contributed by atoms with Crippen molar-refractivity contribution in [1.29, 1.82) is 0 Å². The van der Waals surface area contributed by atoms with Crippen LogP contribution < -0.4 is 34.9 Å². The van der Waals surface area contributed by atoms with E-state index in [1.54, 1.807) is 12.1 Å². The van der Waals surface area contributed by atoms with Crippen molar-refractivity contribution in [2.75, 3.05) is 42.8 Å². The van der Waals surface area contributed by atoms with E-state index in [1.165, 1.54) is 12.1 Å². The SMILES string of the molecule is CC(C)(C)C1Cc2cc(NC(=O)C3(c4ccc5c(c4)OCO5)CC3)c(F)cc2N1.CC(C)(C)c1cc2cc(NC(=O)C3(c4ccc5c(c4)OCO5)CC3)c(F)cc2n1CCCO.O=CCCOCc1ccccc1. The van der Waals surface area contributed by atoms with Gasteiger partial charge in [-0.25, -0.2) is 8.78 Å². The number of anilines is 3. The zero-order valence-electron chi connectivity index (χ0n) is 43.0. The second-order valence-electron chi connectivity index (χ2n) is 21.9. The number of halogens is 2. The number of fused-ring (bicyclic) bond motifs is 4. The maximum atomic E-state index is 15.2. The topological polar surface area (TPSA) is 159 Å². The molecule has 4 heterocycles. The smallest absolute Gasteiger partial charge is 0.235 e. The minimum atomic E-state index is -0.675. The molecule has 4 N–H and O–H groups in total. The fourth-order valence-electron chi connectivity index (χ4n) is 9.78. The summed E-state index contributed by atoms with van der Waals surface area (Å²) in [7, 11) is 0. The average Bonchev–Trinajstić information content (AvgIpc) is 4.13. The number of aromatic nitrogens is 1. The largest absolute Gasteiger partial charge is 0.454 e. The van der Waals surface area contributed by atoms with Crippen molar-refractivity contribution in [3.8, 4) is 23.0 Å². The minimum Gasteiger partial charge on any atom is -0.454 e. The summed E-state index contributed by atoms with van der Waals surface area (Å²) < 4.78 is 58.8. The Morgan fingerprint density at radius 3 is 1.86 bits per heavy atom. The van der Waals surface area contributed by atoms with Gasteiger partial charge >= 0.3 is 0 Å². The predicted octanol–water partition coefficient (Wildman–Crippen LogP) is 11.3. The standard InChI is InChI=1S/C26H29FN2O4.C23H25FN2O3.C10H12O2/c1-25(2,3)23-12-16-11-19(18(27)14-20(16)29(23)9-4-10-30)28-24(31)26(7-8-26)17-5-6-21-22(13-17)33-15-32-21;1-22(2,3)20-9-13-8-17(15(24)11-16(13)25-20)26-21(27)23(6-7-23)14-4-5-18-19(10-14)29-12-28-18;11-7-4-8-12-9-10-5-2-1-3-6-10/h5-6,11-14,30H,4,7-10,15H2,1-3H3,(H,28,31);4-5,8,10-11,20,25H,6-7,9,12H2,1-3H3,(H,26,27);1-3,5-7H,4,8-9H2. The molecule has 2 amide bonds. The Morgan fingerprint density at radius 1 is 0.757 bits per heavy atom. The van der Waals surface area contributed by atoms with Crippen LogP contribution in [0.2, 0.25) is 0 Å². The third kappa shape index (κ3) is 11.1. The summed E-state index contributed by atoms with van der Waals surface area (Å²) in [5.41, 5.74) is 5.61. The molecule has 5 aromatic carbocycles. The molecule has 2 saturated carbocycles. The second kappa shape index (κ2) is 21.1. The highest BCUT2D eigenvalue weighted by Gasteiger charge is 2.53. The molecular formula is C59H66F2N4O9. The van der Waals surface area contributed by atoms with E-state index in [-0.39, 0.29) is 60.3 Å². The summed E-state index contributed by atoms with van der Waals surface area (Å²) in [5, 5.41) is 19.3. The summed E-state index contributed by atoms with van der Waals surface area (Å²) in [6.45, 7) is 15.0. The average molecular weight is 1010 g/mol. The number of nitrogens with zero attached hydrogens (tertiary/aromatic N) is 1. The van der Waals surface area contributed by atoms with E-state index in [0.29, 0.717) is 68.4 Å². The molecule has 390 valence electrons. The van der Waals surface area contributed by atoms with Crippen LogP contribution in [0.25, 0.3) is 10.9 Å². The first-order valence-corrected chi connectivity index (χ1v) is 25.4. The van der Waals surface area contributed by atoms with Gasteiger partial charge in [-0.2, -0.15) is 0 Å². The van der Waals surface area contributed by atoms with Gasteiger partial charge in [-0.1, -0.05) is 84.0 Å². The van der Waals surface area contributed by atoms with Crippen molar-refractivity contribution in [3.05, 3.63) is 137 Å². The van der Waals surface area contributed by atoms with Gasteiger partial charge in [0.05, 0.1) is 40.9 Å². The van der Waals surface area contributed by atoms with Gasteiger partial charge in [0.2, 0.25) is 25.4 Å². The molecule has 0 radical (unpaired) electrons. The number of aliphatic hydroxyl groups is 1. The number of aldehydes is 1. The van der Waals surface area contributed by atoms with E-state index in [9.17, 15) is 23.9 Å². The van der Waals surface area contributed by atoms with Crippen LogP contribution in [0.15, 0.2) is 97.1 Å². The molecule has 11 rings (SSSR count). The Balaban J connectivity index is 0.000000150. The zero-order valence-corrected chi connectivity index (χ0v) is 43.0. The number of ether oxygens (including phenoxy) is 5. The van der Waals surface area contributed by atoms with Crippen LogP contribution >= 0.6 is 0 Å². The van der Waals surface area contributed by atoms with E-state index in [4.69, 9.17) is 23.7 Å². The van der Waals surface area contributed by atoms with Crippen LogP contribution in [-0.2, 0) is 54.9 Å². The monoisotopic (exact) mass is 1010 g/mol. The lowest BCUT2D eigenvalue weighted by Crippen LogP contribution is -2.31. The van der Waals surface area contributed by atoms with E-state index >= 15 is 4.39 Å². The van der Waals surface area contributed by atoms with Gasteiger partial charge in [0.15, 0.2) is 23.0 Å². The van der Waals surface area contributed by atoms with E-state index in [2.05, 4.69) is 62.1 Å². The number of aryl methyl sites for hydroxylation is 1. The summed E-state index contributed by atoms with van der Waals surface area (Å²) in [6.07, 6.45) is 5.62. The summed E-state index contributed by atoms with van der Waals surface area (Å²) in [5.74, 6) is 1.38. The molecule has 0 saturated heterocycles. The third-order valence-electron chi connectivity index (χ3n) is 14.5. The molecule has 1 unspecified atom stereocenters. The van der Waals surface area contributed by atoms with Crippen LogP contribution in [0.4, 0.5) is 25.8 Å². The number of nitrogens with one attached hydrogen (secondary N) is 3. The molecule has 15 heteroatoms. The number of aliphatic hydroxyl groups excluding tert-OH is 1. The molecule has 0 bridgehead atoms. The van der Waals surface area contributed by atoms with Gasteiger partial charge in [0.25, 0.3) is 0 Å². The number of amides is 2. The van der Waals surface area contributed by atoms with Crippen molar-refractivity contribution in [2.24, 2.45) is 5.41 Å². The third-order valence-corrected chi connectivity index (χ3v) is 14.5. The maximum absolute atomic E-state index is 15.2.